The monoisotopic (exact) mass is 265 g/mol. The first-order valence-electron chi connectivity index (χ1n) is 6.40. The highest BCUT2D eigenvalue weighted by Gasteiger charge is 2.01. The number of hydrogen-bond acceptors (Lipinski definition) is 4. The Hall–Kier alpha value is -1.75. The van der Waals surface area contributed by atoms with Crippen LogP contribution < -0.4 is 15.5 Å². The van der Waals surface area contributed by atoms with Crippen molar-refractivity contribution in [2.45, 2.75) is 6.42 Å². The van der Waals surface area contributed by atoms with Gasteiger partial charge in [-0.15, -0.1) is 0 Å². The maximum atomic E-state index is 11.5. The van der Waals surface area contributed by atoms with E-state index in [1.807, 2.05) is 43.3 Å². The van der Waals surface area contributed by atoms with Gasteiger partial charge < -0.3 is 20.3 Å². The van der Waals surface area contributed by atoms with Gasteiger partial charge in [-0.05, 0) is 30.7 Å². The van der Waals surface area contributed by atoms with Crippen molar-refractivity contribution in [3.05, 3.63) is 24.3 Å². The van der Waals surface area contributed by atoms with Gasteiger partial charge in [-0.3, -0.25) is 4.79 Å². The maximum absolute atomic E-state index is 11.5. The lowest BCUT2D eigenvalue weighted by Gasteiger charge is -2.13. The Morgan fingerprint density at radius 2 is 1.95 bits per heavy atom. The quantitative estimate of drug-likeness (QED) is 0.696. The number of hydrogen-bond donors (Lipinski definition) is 2. The van der Waals surface area contributed by atoms with Gasteiger partial charge in [0.25, 0.3) is 0 Å². The number of rotatable bonds is 8. The van der Waals surface area contributed by atoms with Crippen LogP contribution in [0.5, 0.6) is 0 Å². The smallest absolute Gasteiger partial charge is 0.239 e. The first kappa shape index (κ1) is 15.3. The van der Waals surface area contributed by atoms with Gasteiger partial charge in [-0.2, -0.15) is 0 Å². The number of anilines is 2. The zero-order chi connectivity index (χ0) is 14.1. The van der Waals surface area contributed by atoms with E-state index >= 15 is 0 Å². The summed E-state index contributed by atoms with van der Waals surface area (Å²) in [5, 5.41) is 5.92. The standard InChI is InChI=1S/C14H23N3O2/c1-17(2)13-7-5-12(6-8-13)16-11-14(18)15-9-4-10-19-3/h5-8,16H,4,9-11H2,1-3H3,(H,15,18). The number of carbonyl (C=O) groups is 1. The molecule has 0 fully saturated rings. The fourth-order valence-corrected chi connectivity index (χ4v) is 1.57. The van der Waals surface area contributed by atoms with Crippen LogP contribution in [0.15, 0.2) is 24.3 Å². The predicted molar refractivity (Wildman–Crippen MR) is 78.8 cm³/mol. The Labute approximate surface area is 114 Å². The topological polar surface area (TPSA) is 53.6 Å². The highest BCUT2D eigenvalue weighted by molar-refractivity contribution is 5.80. The molecule has 0 radical (unpaired) electrons. The number of ether oxygens (including phenoxy) is 1. The van der Waals surface area contributed by atoms with Crippen molar-refractivity contribution in [2.75, 3.05) is 51.1 Å². The van der Waals surface area contributed by atoms with Gasteiger partial charge in [0.05, 0.1) is 6.54 Å². The molecular formula is C14H23N3O2. The molecule has 19 heavy (non-hydrogen) atoms. The lowest BCUT2D eigenvalue weighted by molar-refractivity contribution is -0.119. The van der Waals surface area contributed by atoms with Crippen LogP contribution in [0.25, 0.3) is 0 Å². The Balaban J connectivity index is 2.26. The van der Waals surface area contributed by atoms with Crippen molar-refractivity contribution in [3.63, 3.8) is 0 Å². The minimum Gasteiger partial charge on any atom is -0.385 e. The number of amides is 1. The third kappa shape index (κ3) is 6.10. The largest absolute Gasteiger partial charge is 0.385 e. The first-order chi connectivity index (χ1) is 9.13. The number of benzene rings is 1. The molecule has 0 unspecified atom stereocenters. The van der Waals surface area contributed by atoms with Crippen LogP contribution in [0.2, 0.25) is 0 Å². The predicted octanol–water partition coefficient (Wildman–Crippen LogP) is 1.32. The van der Waals surface area contributed by atoms with Crippen molar-refractivity contribution in [1.82, 2.24) is 5.32 Å². The Morgan fingerprint density at radius 1 is 1.26 bits per heavy atom. The third-order valence-electron chi connectivity index (χ3n) is 2.68. The molecule has 0 aromatic heterocycles. The van der Waals surface area contributed by atoms with E-state index in [4.69, 9.17) is 4.74 Å². The molecule has 106 valence electrons. The molecule has 1 aromatic rings. The molecule has 0 aliphatic heterocycles. The van der Waals surface area contributed by atoms with Crippen LogP contribution in [0.4, 0.5) is 11.4 Å². The molecule has 5 heteroatoms. The third-order valence-corrected chi connectivity index (χ3v) is 2.68. The lowest BCUT2D eigenvalue weighted by atomic mass is 10.2. The minimum absolute atomic E-state index is 0.00668. The molecule has 0 spiro atoms. The molecule has 0 bridgehead atoms. The molecular weight excluding hydrogens is 242 g/mol. The Morgan fingerprint density at radius 3 is 2.53 bits per heavy atom. The Kier molecular flexibility index (Phi) is 6.74. The van der Waals surface area contributed by atoms with E-state index in [1.165, 1.54) is 0 Å². The molecule has 1 rings (SSSR count). The van der Waals surface area contributed by atoms with Gasteiger partial charge in [-0.1, -0.05) is 0 Å². The van der Waals surface area contributed by atoms with E-state index in [0.29, 0.717) is 13.2 Å². The van der Waals surface area contributed by atoms with E-state index in [0.717, 1.165) is 17.8 Å². The van der Waals surface area contributed by atoms with Crippen LogP contribution in [0, 0.1) is 0 Å². The normalized spacial score (nSPS) is 10.1. The zero-order valence-electron chi connectivity index (χ0n) is 11.9. The highest BCUT2D eigenvalue weighted by Crippen LogP contribution is 2.15. The van der Waals surface area contributed by atoms with Crippen LogP contribution in [0.3, 0.4) is 0 Å². The summed E-state index contributed by atoms with van der Waals surface area (Å²) in [6, 6.07) is 7.96. The number of nitrogens with one attached hydrogen (secondary N) is 2. The number of methoxy groups -OCH3 is 1. The SMILES string of the molecule is COCCCNC(=O)CNc1ccc(N(C)C)cc1. The second-order valence-corrected chi connectivity index (χ2v) is 4.49. The van der Waals surface area contributed by atoms with Crippen LogP contribution in [-0.4, -0.2) is 46.8 Å². The maximum Gasteiger partial charge on any atom is 0.239 e. The van der Waals surface area contributed by atoms with Crippen molar-refractivity contribution in [3.8, 4) is 0 Å². The first-order valence-corrected chi connectivity index (χ1v) is 6.40. The van der Waals surface area contributed by atoms with E-state index in [1.54, 1.807) is 7.11 Å². The van der Waals surface area contributed by atoms with Gasteiger partial charge in [-0.25, -0.2) is 0 Å². The molecule has 0 heterocycles. The van der Waals surface area contributed by atoms with Crippen molar-refractivity contribution >= 4 is 17.3 Å². The molecule has 1 aromatic carbocycles. The van der Waals surface area contributed by atoms with Crippen molar-refractivity contribution < 1.29 is 9.53 Å². The molecule has 0 atom stereocenters. The van der Waals surface area contributed by atoms with Crippen LogP contribution >= 0.6 is 0 Å². The summed E-state index contributed by atoms with van der Waals surface area (Å²) in [5.74, 6) is -0.00668. The van der Waals surface area contributed by atoms with E-state index in [2.05, 4.69) is 10.6 Å². The summed E-state index contributed by atoms with van der Waals surface area (Å²) >= 11 is 0. The van der Waals surface area contributed by atoms with E-state index in [-0.39, 0.29) is 12.5 Å². The average Bonchev–Trinajstić information content (AvgIpc) is 2.42. The van der Waals surface area contributed by atoms with Crippen LogP contribution in [0.1, 0.15) is 6.42 Å². The molecule has 0 aliphatic rings. The molecule has 5 nitrogen and oxygen atoms in total. The lowest BCUT2D eigenvalue weighted by Crippen LogP contribution is -2.31. The summed E-state index contributed by atoms with van der Waals surface area (Å²) < 4.78 is 4.91. The number of nitrogens with zero attached hydrogens (tertiary/aromatic N) is 1. The van der Waals surface area contributed by atoms with Crippen molar-refractivity contribution in [1.29, 1.82) is 0 Å². The zero-order valence-corrected chi connectivity index (χ0v) is 11.9. The van der Waals surface area contributed by atoms with Gasteiger partial charge in [0.1, 0.15) is 0 Å². The van der Waals surface area contributed by atoms with Crippen molar-refractivity contribution in [2.24, 2.45) is 0 Å². The number of carbonyl (C=O) groups excluding carboxylic acids is 1. The van der Waals surface area contributed by atoms with Gasteiger partial charge in [0.2, 0.25) is 5.91 Å². The molecule has 0 aliphatic carbocycles. The summed E-state index contributed by atoms with van der Waals surface area (Å²) in [6.07, 6.45) is 0.833. The van der Waals surface area contributed by atoms with E-state index in [9.17, 15) is 4.79 Å². The molecule has 0 saturated carbocycles. The summed E-state index contributed by atoms with van der Waals surface area (Å²) in [6.45, 7) is 1.60. The summed E-state index contributed by atoms with van der Waals surface area (Å²) in [4.78, 5) is 13.6. The average molecular weight is 265 g/mol. The molecule has 2 N–H and O–H groups in total. The fourth-order valence-electron chi connectivity index (χ4n) is 1.57. The van der Waals surface area contributed by atoms with Gasteiger partial charge in [0, 0.05) is 45.7 Å². The van der Waals surface area contributed by atoms with Gasteiger partial charge >= 0.3 is 0 Å². The Bertz CT molecular complexity index is 377. The fraction of sp³-hybridized carbons (Fsp3) is 0.500. The van der Waals surface area contributed by atoms with Gasteiger partial charge in [0.15, 0.2) is 0 Å². The van der Waals surface area contributed by atoms with E-state index < -0.39 is 0 Å². The molecule has 1 amide bonds. The van der Waals surface area contributed by atoms with Crippen LogP contribution in [-0.2, 0) is 9.53 Å². The summed E-state index contributed by atoms with van der Waals surface area (Å²) in [7, 11) is 5.65. The highest BCUT2D eigenvalue weighted by atomic mass is 16.5. The second-order valence-electron chi connectivity index (χ2n) is 4.49. The minimum atomic E-state index is -0.00668. The summed E-state index contributed by atoms with van der Waals surface area (Å²) in [5.41, 5.74) is 2.08. The molecule has 0 saturated heterocycles. The second kappa shape index (κ2) is 8.37.